The lowest BCUT2D eigenvalue weighted by Gasteiger charge is -2.12. The fourth-order valence-corrected chi connectivity index (χ4v) is 3.23. The highest BCUT2D eigenvalue weighted by molar-refractivity contribution is 5.89. The van der Waals surface area contributed by atoms with Crippen LogP contribution < -0.4 is 10.2 Å². The van der Waals surface area contributed by atoms with Crippen LogP contribution in [0.4, 0.5) is 0 Å². The summed E-state index contributed by atoms with van der Waals surface area (Å²) < 4.78 is 16.6. The molecule has 0 bridgehead atoms. The standard InChI is InChI=1S/C25H28N2O5/c1-17(27-30-4)22(25(28)29-3)16-19-10-12-21(13-11-19)31-15-14-23-18(2)32-24(26-23)20-8-6-5-7-9-20/h5-13,27H,14-16H2,1-4H3. The van der Waals surface area contributed by atoms with E-state index in [2.05, 4.69) is 10.5 Å². The van der Waals surface area contributed by atoms with Crippen molar-refractivity contribution in [1.29, 1.82) is 0 Å². The Kier molecular flexibility index (Phi) is 8.05. The summed E-state index contributed by atoms with van der Waals surface area (Å²) in [5.41, 5.74) is 6.59. The maximum atomic E-state index is 12.1. The maximum Gasteiger partial charge on any atom is 0.335 e. The first-order chi connectivity index (χ1) is 15.5. The molecule has 2 aromatic carbocycles. The second-order valence-electron chi connectivity index (χ2n) is 7.21. The normalized spacial score (nSPS) is 11.6. The number of ether oxygens (including phenoxy) is 2. The molecule has 7 heteroatoms. The highest BCUT2D eigenvalue weighted by Crippen LogP contribution is 2.22. The van der Waals surface area contributed by atoms with E-state index in [0.29, 0.717) is 36.6 Å². The van der Waals surface area contributed by atoms with E-state index < -0.39 is 5.97 Å². The zero-order chi connectivity index (χ0) is 22.9. The van der Waals surface area contributed by atoms with Crippen LogP contribution in [0.25, 0.3) is 11.5 Å². The average Bonchev–Trinajstić information content (AvgIpc) is 3.19. The van der Waals surface area contributed by atoms with Crippen molar-refractivity contribution in [2.24, 2.45) is 0 Å². The molecule has 0 unspecified atom stereocenters. The first-order valence-electron chi connectivity index (χ1n) is 10.3. The SMILES string of the molecule is CONC(C)=C(Cc1ccc(OCCc2nc(-c3ccccc3)oc2C)cc1)C(=O)OC. The number of nitrogens with zero attached hydrogens (tertiary/aromatic N) is 1. The Morgan fingerprint density at radius 3 is 2.44 bits per heavy atom. The van der Waals surface area contributed by atoms with E-state index in [1.54, 1.807) is 6.92 Å². The highest BCUT2D eigenvalue weighted by atomic mass is 16.6. The summed E-state index contributed by atoms with van der Waals surface area (Å²) >= 11 is 0. The predicted molar refractivity (Wildman–Crippen MR) is 121 cm³/mol. The van der Waals surface area contributed by atoms with Crippen molar-refractivity contribution in [2.45, 2.75) is 26.7 Å². The summed E-state index contributed by atoms with van der Waals surface area (Å²) in [4.78, 5) is 21.6. The van der Waals surface area contributed by atoms with Crippen LogP contribution in [-0.2, 0) is 27.2 Å². The number of oxazole rings is 1. The summed E-state index contributed by atoms with van der Waals surface area (Å²) in [7, 11) is 2.85. The Labute approximate surface area is 188 Å². The largest absolute Gasteiger partial charge is 0.493 e. The Morgan fingerprint density at radius 1 is 1.06 bits per heavy atom. The van der Waals surface area contributed by atoms with Crippen molar-refractivity contribution in [3.05, 3.63) is 82.9 Å². The molecule has 0 saturated heterocycles. The third-order valence-corrected chi connectivity index (χ3v) is 4.96. The molecule has 7 nitrogen and oxygen atoms in total. The summed E-state index contributed by atoms with van der Waals surface area (Å²) in [6.07, 6.45) is 1.05. The minimum atomic E-state index is -0.398. The predicted octanol–water partition coefficient (Wildman–Crippen LogP) is 4.41. The number of carbonyl (C=O) groups excluding carboxylic acids is 1. The molecule has 1 heterocycles. The number of allylic oxidation sites excluding steroid dienone is 1. The van der Waals surface area contributed by atoms with E-state index in [1.165, 1.54) is 14.2 Å². The number of aromatic nitrogens is 1. The van der Waals surface area contributed by atoms with E-state index in [4.69, 9.17) is 18.7 Å². The third-order valence-electron chi connectivity index (χ3n) is 4.96. The number of aryl methyl sites for hydroxylation is 1. The van der Waals surface area contributed by atoms with Gasteiger partial charge in [0.25, 0.3) is 0 Å². The lowest BCUT2D eigenvalue weighted by molar-refractivity contribution is -0.136. The van der Waals surface area contributed by atoms with E-state index in [0.717, 1.165) is 28.3 Å². The first kappa shape index (κ1) is 23.1. The smallest absolute Gasteiger partial charge is 0.335 e. The lowest BCUT2D eigenvalue weighted by atomic mass is 10.0. The van der Waals surface area contributed by atoms with Gasteiger partial charge in [-0.2, -0.15) is 0 Å². The van der Waals surface area contributed by atoms with Crippen molar-refractivity contribution >= 4 is 5.97 Å². The highest BCUT2D eigenvalue weighted by Gasteiger charge is 2.15. The summed E-state index contributed by atoms with van der Waals surface area (Å²) in [5.74, 6) is 1.76. The summed E-state index contributed by atoms with van der Waals surface area (Å²) in [6.45, 7) is 4.16. The number of methoxy groups -OCH3 is 1. The second-order valence-corrected chi connectivity index (χ2v) is 7.21. The maximum absolute atomic E-state index is 12.1. The minimum Gasteiger partial charge on any atom is -0.493 e. The number of carbonyl (C=O) groups is 1. The Balaban J connectivity index is 1.58. The van der Waals surface area contributed by atoms with Crippen LogP contribution in [0.3, 0.4) is 0 Å². The Hall–Kier alpha value is -3.58. The van der Waals surface area contributed by atoms with Gasteiger partial charge < -0.3 is 13.9 Å². The average molecular weight is 437 g/mol. The number of nitrogens with one attached hydrogen (secondary N) is 1. The van der Waals surface area contributed by atoms with Crippen molar-refractivity contribution in [1.82, 2.24) is 10.5 Å². The van der Waals surface area contributed by atoms with Gasteiger partial charge in [0.1, 0.15) is 11.5 Å². The fourth-order valence-electron chi connectivity index (χ4n) is 3.23. The van der Waals surface area contributed by atoms with Crippen molar-refractivity contribution < 1.29 is 23.5 Å². The van der Waals surface area contributed by atoms with E-state index >= 15 is 0 Å². The molecule has 1 N–H and O–H groups in total. The first-order valence-corrected chi connectivity index (χ1v) is 10.3. The van der Waals surface area contributed by atoms with E-state index in [9.17, 15) is 4.79 Å². The third kappa shape index (κ3) is 5.98. The van der Waals surface area contributed by atoms with Crippen LogP contribution in [0.1, 0.15) is 23.9 Å². The zero-order valence-electron chi connectivity index (χ0n) is 18.8. The lowest BCUT2D eigenvalue weighted by Crippen LogP contribution is -2.18. The molecule has 3 aromatic rings. The molecule has 0 atom stereocenters. The van der Waals surface area contributed by atoms with Crippen LogP contribution in [0, 0.1) is 6.92 Å². The molecule has 0 amide bonds. The molecule has 0 saturated carbocycles. The van der Waals surface area contributed by atoms with Crippen molar-refractivity contribution in [2.75, 3.05) is 20.8 Å². The van der Waals surface area contributed by atoms with Gasteiger partial charge in [0.15, 0.2) is 0 Å². The van der Waals surface area contributed by atoms with Crippen LogP contribution in [0.5, 0.6) is 5.75 Å². The number of hydroxylamine groups is 1. The Morgan fingerprint density at radius 2 is 1.78 bits per heavy atom. The molecular formula is C25H28N2O5. The monoisotopic (exact) mass is 436 g/mol. The van der Waals surface area contributed by atoms with Gasteiger partial charge in [0.2, 0.25) is 5.89 Å². The van der Waals surface area contributed by atoms with E-state index in [1.807, 2.05) is 61.5 Å². The Bertz CT molecular complexity index is 1060. The van der Waals surface area contributed by atoms with Crippen LogP contribution >= 0.6 is 0 Å². The van der Waals surface area contributed by atoms with Gasteiger partial charge in [0, 0.05) is 24.1 Å². The van der Waals surface area contributed by atoms with Gasteiger partial charge in [-0.15, -0.1) is 0 Å². The van der Waals surface area contributed by atoms with Crippen molar-refractivity contribution in [3.8, 4) is 17.2 Å². The number of benzene rings is 2. The topological polar surface area (TPSA) is 82.8 Å². The molecule has 0 aliphatic rings. The molecular weight excluding hydrogens is 408 g/mol. The molecule has 3 rings (SSSR count). The molecule has 1 aromatic heterocycles. The van der Waals surface area contributed by atoms with Gasteiger partial charge in [-0.3, -0.25) is 10.3 Å². The van der Waals surface area contributed by atoms with Crippen LogP contribution in [0.15, 0.2) is 70.3 Å². The van der Waals surface area contributed by atoms with Gasteiger partial charge in [-0.05, 0) is 43.7 Å². The molecule has 0 radical (unpaired) electrons. The molecule has 32 heavy (non-hydrogen) atoms. The van der Waals surface area contributed by atoms with Gasteiger partial charge in [0.05, 0.1) is 32.1 Å². The number of rotatable bonds is 10. The van der Waals surface area contributed by atoms with Gasteiger partial charge >= 0.3 is 5.97 Å². The molecule has 0 aliphatic carbocycles. The molecule has 0 spiro atoms. The second kappa shape index (κ2) is 11.2. The minimum absolute atomic E-state index is 0.398. The van der Waals surface area contributed by atoms with Gasteiger partial charge in [-0.1, -0.05) is 30.3 Å². The quantitative estimate of drug-likeness (QED) is 0.286. The van der Waals surface area contributed by atoms with Gasteiger partial charge in [-0.25, -0.2) is 9.78 Å². The molecule has 168 valence electrons. The fraction of sp³-hybridized carbons (Fsp3) is 0.280. The molecule has 0 fully saturated rings. The molecule has 0 aliphatic heterocycles. The zero-order valence-corrected chi connectivity index (χ0v) is 18.8. The van der Waals surface area contributed by atoms with Crippen LogP contribution in [-0.4, -0.2) is 31.8 Å². The number of hydrogen-bond donors (Lipinski definition) is 1. The van der Waals surface area contributed by atoms with Crippen molar-refractivity contribution in [3.63, 3.8) is 0 Å². The summed E-state index contributed by atoms with van der Waals surface area (Å²) in [6, 6.07) is 17.4. The number of hydrogen-bond acceptors (Lipinski definition) is 7. The summed E-state index contributed by atoms with van der Waals surface area (Å²) in [5, 5.41) is 0. The van der Waals surface area contributed by atoms with Crippen LogP contribution in [0.2, 0.25) is 0 Å². The van der Waals surface area contributed by atoms with E-state index in [-0.39, 0.29) is 0 Å². The number of esters is 1.